The van der Waals surface area contributed by atoms with E-state index in [1.165, 1.54) is 4.68 Å². The first-order valence-corrected chi connectivity index (χ1v) is 10.1. The van der Waals surface area contributed by atoms with Crippen LogP contribution in [0.25, 0.3) is 5.69 Å². The molecule has 1 amide bonds. The van der Waals surface area contributed by atoms with E-state index < -0.39 is 5.97 Å². The fourth-order valence-corrected chi connectivity index (χ4v) is 4.75. The van der Waals surface area contributed by atoms with Gasteiger partial charge >= 0.3 is 5.97 Å². The Morgan fingerprint density at radius 1 is 1.48 bits per heavy atom. The van der Waals surface area contributed by atoms with E-state index in [0.717, 1.165) is 29.9 Å². The Labute approximate surface area is 153 Å². The Bertz CT molecular complexity index is 758. The predicted octanol–water partition coefficient (Wildman–Crippen LogP) is 2.36. The highest BCUT2D eigenvalue weighted by atomic mass is 32.2. The number of thioether (sulfide) groups is 1. The molecule has 3 rings (SSSR count). The molecule has 2 atom stereocenters. The highest BCUT2D eigenvalue weighted by molar-refractivity contribution is 7.99. The highest BCUT2D eigenvalue weighted by Gasteiger charge is 2.21. The van der Waals surface area contributed by atoms with Crippen LogP contribution in [0, 0.1) is 0 Å². The monoisotopic (exact) mass is 380 g/mol. The molecule has 134 valence electrons. The summed E-state index contributed by atoms with van der Waals surface area (Å²) < 4.78 is 1.45. The van der Waals surface area contributed by atoms with Gasteiger partial charge in [0.25, 0.3) is 0 Å². The molecule has 0 aromatic carbocycles. The lowest BCUT2D eigenvalue weighted by atomic mass is 10.1. The average Bonchev–Trinajstić information content (AvgIpc) is 3.22. The molecule has 2 aromatic rings. The molecular weight excluding hydrogens is 360 g/mol. The average molecular weight is 380 g/mol. The van der Waals surface area contributed by atoms with Gasteiger partial charge in [-0.05, 0) is 30.0 Å². The van der Waals surface area contributed by atoms with Gasteiger partial charge in [0.2, 0.25) is 5.91 Å². The third kappa shape index (κ3) is 4.60. The zero-order chi connectivity index (χ0) is 17.8. The fourth-order valence-electron chi connectivity index (χ4n) is 2.84. The molecule has 1 aliphatic heterocycles. The lowest BCUT2D eigenvalue weighted by molar-refractivity contribution is -0.121. The van der Waals surface area contributed by atoms with Crippen LogP contribution in [0.5, 0.6) is 0 Å². The number of nitrogens with one attached hydrogen (secondary N) is 1. The molecule has 0 spiro atoms. The van der Waals surface area contributed by atoms with Crippen LogP contribution in [0.2, 0.25) is 0 Å². The number of aromatic carboxylic acids is 1. The minimum absolute atomic E-state index is 0.0282. The smallest absolute Gasteiger partial charge is 0.348 e. The molecule has 1 fully saturated rings. The van der Waals surface area contributed by atoms with Gasteiger partial charge in [-0.25, -0.2) is 9.48 Å². The summed E-state index contributed by atoms with van der Waals surface area (Å²) in [6.45, 7) is 2.19. The normalized spacial score (nSPS) is 20.4. The van der Waals surface area contributed by atoms with E-state index in [-0.39, 0.29) is 16.8 Å². The summed E-state index contributed by atoms with van der Waals surface area (Å²) in [5.41, 5.74) is 1.17. The van der Waals surface area contributed by atoms with Gasteiger partial charge < -0.3 is 10.4 Å². The number of carbonyl (C=O) groups excluding carboxylic acids is 1. The first-order valence-electron chi connectivity index (χ1n) is 8.16. The summed E-state index contributed by atoms with van der Waals surface area (Å²) in [7, 11) is 0. The van der Waals surface area contributed by atoms with Gasteiger partial charge in [-0.1, -0.05) is 12.1 Å². The van der Waals surface area contributed by atoms with Crippen molar-refractivity contribution in [2.24, 2.45) is 0 Å². The van der Waals surface area contributed by atoms with Crippen molar-refractivity contribution in [1.29, 1.82) is 0 Å². The second kappa shape index (κ2) is 8.01. The second-order valence-electron chi connectivity index (χ2n) is 6.06. The summed E-state index contributed by atoms with van der Waals surface area (Å²) in [6.07, 6.45) is 4.55. The minimum Gasteiger partial charge on any atom is -0.477 e. The Kier molecular flexibility index (Phi) is 5.74. The Morgan fingerprint density at radius 3 is 3.08 bits per heavy atom. The maximum atomic E-state index is 12.1. The minimum atomic E-state index is -0.985. The van der Waals surface area contributed by atoms with E-state index in [9.17, 15) is 9.59 Å². The molecule has 1 saturated heterocycles. The van der Waals surface area contributed by atoms with Crippen LogP contribution in [-0.2, 0) is 11.2 Å². The number of amides is 1. The quantitative estimate of drug-likeness (QED) is 0.798. The lowest BCUT2D eigenvalue weighted by Crippen LogP contribution is -2.39. The molecule has 1 aliphatic rings. The van der Waals surface area contributed by atoms with E-state index >= 15 is 0 Å². The maximum absolute atomic E-state index is 12.1. The van der Waals surface area contributed by atoms with Gasteiger partial charge in [0.15, 0.2) is 0 Å². The van der Waals surface area contributed by atoms with E-state index in [0.29, 0.717) is 29.5 Å². The van der Waals surface area contributed by atoms with E-state index in [2.05, 4.69) is 22.6 Å². The number of carboxylic acids is 1. The number of carboxylic acid groups (broad SMARTS) is 1. The van der Waals surface area contributed by atoms with Gasteiger partial charge in [0, 0.05) is 24.1 Å². The van der Waals surface area contributed by atoms with Crippen molar-refractivity contribution in [2.45, 2.75) is 43.9 Å². The number of aryl methyl sites for hydroxylation is 1. The number of hydrogen-bond acceptors (Lipinski definition) is 6. The number of aromatic nitrogens is 3. The van der Waals surface area contributed by atoms with E-state index in [4.69, 9.17) is 5.11 Å². The van der Waals surface area contributed by atoms with Gasteiger partial charge in [0.05, 0.1) is 17.6 Å². The molecule has 7 nitrogen and oxygen atoms in total. The van der Waals surface area contributed by atoms with Crippen molar-refractivity contribution in [3.63, 3.8) is 0 Å². The van der Waals surface area contributed by atoms with Crippen molar-refractivity contribution >= 4 is 35.0 Å². The molecule has 0 bridgehead atoms. The van der Waals surface area contributed by atoms with Crippen molar-refractivity contribution in [3.05, 3.63) is 28.2 Å². The molecule has 2 N–H and O–H groups in total. The number of thiophene rings is 1. The molecule has 3 heterocycles. The van der Waals surface area contributed by atoms with E-state index in [1.807, 2.05) is 11.8 Å². The molecule has 9 heteroatoms. The third-order valence-electron chi connectivity index (χ3n) is 4.08. The van der Waals surface area contributed by atoms with Crippen LogP contribution in [0.1, 0.15) is 41.6 Å². The molecule has 2 aromatic heterocycles. The van der Waals surface area contributed by atoms with Crippen LogP contribution in [0.4, 0.5) is 0 Å². The van der Waals surface area contributed by atoms with Gasteiger partial charge in [-0.3, -0.25) is 4.79 Å². The zero-order valence-electron chi connectivity index (χ0n) is 13.8. The summed E-state index contributed by atoms with van der Waals surface area (Å²) in [5.74, 6) is 0.134. The van der Waals surface area contributed by atoms with Crippen molar-refractivity contribution < 1.29 is 14.7 Å². The van der Waals surface area contributed by atoms with Crippen molar-refractivity contribution in [2.75, 3.05) is 5.75 Å². The van der Waals surface area contributed by atoms with E-state index in [1.54, 1.807) is 17.6 Å². The molecular formula is C16H20N4O3S2. The summed E-state index contributed by atoms with van der Waals surface area (Å²) in [6, 6.07) is 1.96. The van der Waals surface area contributed by atoms with Gasteiger partial charge in [-0.15, -0.1) is 16.4 Å². The SMILES string of the molecule is CC1CC(NC(=O)CCc2cn(-c3ccsc3C(=O)O)nn2)CCS1. The van der Waals surface area contributed by atoms with Crippen LogP contribution in [0.3, 0.4) is 0 Å². The van der Waals surface area contributed by atoms with Crippen LogP contribution < -0.4 is 5.32 Å². The number of carbonyl (C=O) groups is 2. The summed E-state index contributed by atoms with van der Waals surface area (Å²) in [5, 5.41) is 22.6. The first-order chi connectivity index (χ1) is 12.0. The summed E-state index contributed by atoms with van der Waals surface area (Å²) in [4.78, 5) is 23.5. The first kappa shape index (κ1) is 17.9. The predicted molar refractivity (Wildman–Crippen MR) is 97.6 cm³/mol. The number of nitrogens with zero attached hydrogens (tertiary/aromatic N) is 3. The number of hydrogen-bond donors (Lipinski definition) is 2. The van der Waals surface area contributed by atoms with Crippen molar-refractivity contribution in [3.8, 4) is 5.69 Å². The molecule has 0 saturated carbocycles. The zero-order valence-corrected chi connectivity index (χ0v) is 15.5. The standard InChI is InChI=1S/C16H20N4O3S2/c1-10-8-11(4-6-24-10)17-14(21)3-2-12-9-20(19-18-12)13-5-7-25-15(13)16(22)23/h5,7,9-11H,2-4,6,8H2,1H3,(H,17,21)(H,22,23). The molecule has 0 aliphatic carbocycles. The van der Waals surface area contributed by atoms with Crippen molar-refractivity contribution in [1.82, 2.24) is 20.3 Å². The Balaban J connectivity index is 1.54. The lowest BCUT2D eigenvalue weighted by Gasteiger charge is -2.27. The van der Waals surface area contributed by atoms with Crippen LogP contribution >= 0.6 is 23.1 Å². The second-order valence-corrected chi connectivity index (χ2v) is 8.53. The molecule has 2 unspecified atom stereocenters. The third-order valence-corrected chi connectivity index (χ3v) is 6.21. The Hall–Kier alpha value is -1.87. The van der Waals surface area contributed by atoms with Gasteiger partial charge in [0.1, 0.15) is 4.88 Å². The Morgan fingerprint density at radius 2 is 2.32 bits per heavy atom. The largest absolute Gasteiger partial charge is 0.477 e. The van der Waals surface area contributed by atoms with Crippen LogP contribution in [-0.4, -0.2) is 49.0 Å². The topological polar surface area (TPSA) is 97.1 Å². The van der Waals surface area contributed by atoms with Crippen LogP contribution in [0.15, 0.2) is 17.6 Å². The fraction of sp³-hybridized carbons (Fsp3) is 0.500. The van der Waals surface area contributed by atoms with Gasteiger partial charge in [-0.2, -0.15) is 11.8 Å². The molecule has 0 radical (unpaired) electrons. The highest BCUT2D eigenvalue weighted by Crippen LogP contribution is 2.25. The number of rotatable bonds is 6. The summed E-state index contributed by atoms with van der Waals surface area (Å²) >= 11 is 3.10. The maximum Gasteiger partial charge on any atom is 0.348 e. The molecule has 25 heavy (non-hydrogen) atoms.